The second-order valence-electron chi connectivity index (χ2n) is 4.30. The molecule has 0 atom stereocenters. The molecule has 1 aromatic heterocycles. The first-order valence-electron chi connectivity index (χ1n) is 5.69. The van der Waals surface area contributed by atoms with Crippen LogP contribution in [-0.4, -0.2) is 22.4 Å². The number of nitrogens with zero attached hydrogens (tertiary/aromatic N) is 2. The van der Waals surface area contributed by atoms with Crippen molar-refractivity contribution < 1.29 is 4.79 Å². The summed E-state index contributed by atoms with van der Waals surface area (Å²) in [5.74, 6) is 0.0204. The molecule has 0 spiro atoms. The molecule has 2 rings (SSSR count). The summed E-state index contributed by atoms with van der Waals surface area (Å²) in [7, 11) is 3.69. The summed E-state index contributed by atoms with van der Waals surface area (Å²) >= 11 is 3.38. The molecule has 0 aliphatic carbocycles. The lowest BCUT2D eigenvalue weighted by molar-refractivity contribution is 0.0775. The van der Waals surface area contributed by atoms with E-state index in [-0.39, 0.29) is 5.91 Å². The van der Waals surface area contributed by atoms with Gasteiger partial charge in [-0.1, -0.05) is 30.3 Å². The summed E-state index contributed by atoms with van der Waals surface area (Å²) in [6.07, 6.45) is 1.88. The third-order valence-corrected chi connectivity index (χ3v) is 3.23. The Kier molecular flexibility index (Phi) is 3.87. The minimum atomic E-state index is 0.0204. The van der Waals surface area contributed by atoms with Crippen molar-refractivity contribution in [3.05, 3.63) is 58.3 Å². The second kappa shape index (κ2) is 5.40. The molecule has 18 heavy (non-hydrogen) atoms. The molecular formula is C14H15BrN2O. The van der Waals surface area contributed by atoms with E-state index in [1.807, 2.05) is 61.3 Å². The fraction of sp³-hybridized carbons (Fsp3) is 0.214. The number of aromatic nitrogens is 1. The monoisotopic (exact) mass is 306 g/mol. The standard InChI is InChI=1S/C14H15BrN2O/c1-16-10-12(15)8-13(16)14(18)17(2)9-11-6-4-3-5-7-11/h3-8,10H,9H2,1-2H3. The molecular weight excluding hydrogens is 292 g/mol. The lowest BCUT2D eigenvalue weighted by Crippen LogP contribution is -2.27. The van der Waals surface area contributed by atoms with E-state index in [1.165, 1.54) is 0 Å². The predicted octanol–water partition coefficient (Wildman–Crippen LogP) is 3.06. The van der Waals surface area contributed by atoms with Crippen LogP contribution in [0.3, 0.4) is 0 Å². The molecule has 0 radical (unpaired) electrons. The highest BCUT2D eigenvalue weighted by Crippen LogP contribution is 2.16. The second-order valence-corrected chi connectivity index (χ2v) is 5.22. The third-order valence-electron chi connectivity index (χ3n) is 2.80. The maximum absolute atomic E-state index is 12.3. The highest BCUT2D eigenvalue weighted by Gasteiger charge is 2.15. The Labute approximate surface area is 115 Å². The van der Waals surface area contributed by atoms with Gasteiger partial charge in [-0.25, -0.2) is 0 Å². The molecule has 0 aliphatic heterocycles. The molecule has 94 valence electrons. The maximum Gasteiger partial charge on any atom is 0.270 e. The number of carbonyl (C=O) groups is 1. The van der Waals surface area contributed by atoms with Crippen LogP contribution < -0.4 is 0 Å². The van der Waals surface area contributed by atoms with Crippen LogP contribution in [0, 0.1) is 0 Å². The van der Waals surface area contributed by atoms with Crippen LogP contribution in [0.25, 0.3) is 0 Å². The van der Waals surface area contributed by atoms with E-state index in [0.717, 1.165) is 10.0 Å². The van der Waals surface area contributed by atoms with E-state index in [1.54, 1.807) is 4.90 Å². The molecule has 3 nitrogen and oxygen atoms in total. The lowest BCUT2D eigenvalue weighted by Gasteiger charge is -2.17. The van der Waals surface area contributed by atoms with Crippen molar-refractivity contribution in [3.63, 3.8) is 0 Å². The predicted molar refractivity (Wildman–Crippen MR) is 75.4 cm³/mol. The smallest absolute Gasteiger partial charge is 0.270 e. The van der Waals surface area contributed by atoms with Gasteiger partial charge in [0.2, 0.25) is 0 Å². The summed E-state index contributed by atoms with van der Waals surface area (Å²) in [5.41, 5.74) is 1.81. The molecule has 0 saturated carbocycles. The zero-order valence-corrected chi connectivity index (χ0v) is 12.0. The summed E-state index contributed by atoms with van der Waals surface area (Å²) in [4.78, 5) is 14.0. The molecule has 0 bridgehead atoms. The van der Waals surface area contributed by atoms with Gasteiger partial charge < -0.3 is 9.47 Å². The Morgan fingerprint density at radius 1 is 1.33 bits per heavy atom. The molecule has 2 aromatic rings. The van der Waals surface area contributed by atoms with Crippen molar-refractivity contribution in [1.29, 1.82) is 0 Å². The molecule has 1 amide bonds. The van der Waals surface area contributed by atoms with Crippen LogP contribution in [0.4, 0.5) is 0 Å². The van der Waals surface area contributed by atoms with Gasteiger partial charge in [0.15, 0.2) is 0 Å². The first-order valence-corrected chi connectivity index (χ1v) is 6.48. The Hall–Kier alpha value is -1.55. The van der Waals surface area contributed by atoms with Gasteiger partial charge in [-0.05, 0) is 27.6 Å². The van der Waals surface area contributed by atoms with Gasteiger partial charge >= 0.3 is 0 Å². The number of amides is 1. The van der Waals surface area contributed by atoms with Gasteiger partial charge in [0.05, 0.1) is 0 Å². The number of aryl methyl sites for hydroxylation is 1. The topological polar surface area (TPSA) is 25.2 Å². The molecule has 0 N–H and O–H groups in total. The van der Waals surface area contributed by atoms with E-state index < -0.39 is 0 Å². The molecule has 0 aliphatic rings. The highest BCUT2D eigenvalue weighted by molar-refractivity contribution is 9.10. The number of rotatable bonds is 3. The van der Waals surface area contributed by atoms with Crippen LogP contribution in [-0.2, 0) is 13.6 Å². The fourth-order valence-corrected chi connectivity index (χ4v) is 2.39. The Balaban J connectivity index is 2.12. The quantitative estimate of drug-likeness (QED) is 0.855. The van der Waals surface area contributed by atoms with Gasteiger partial charge in [0, 0.05) is 31.3 Å². The zero-order chi connectivity index (χ0) is 13.1. The highest BCUT2D eigenvalue weighted by atomic mass is 79.9. The van der Waals surface area contributed by atoms with Crippen molar-refractivity contribution in [3.8, 4) is 0 Å². The molecule has 1 aromatic carbocycles. The molecule has 0 fully saturated rings. The number of benzene rings is 1. The van der Waals surface area contributed by atoms with Crippen molar-refractivity contribution >= 4 is 21.8 Å². The van der Waals surface area contributed by atoms with Gasteiger partial charge in [-0.3, -0.25) is 4.79 Å². The van der Waals surface area contributed by atoms with E-state index in [0.29, 0.717) is 12.2 Å². The normalized spacial score (nSPS) is 10.4. The minimum absolute atomic E-state index is 0.0204. The van der Waals surface area contributed by atoms with Crippen LogP contribution >= 0.6 is 15.9 Å². The summed E-state index contributed by atoms with van der Waals surface area (Å²) in [5, 5.41) is 0. The van der Waals surface area contributed by atoms with Crippen LogP contribution in [0.5, 0.6) is 0 Å². The van der Waals surface area contributed by atoms with Gasteiger partial charge in [0.25, 0.3) is 5.91 Å². The van der Waals surface area contributed by atoms with Crippen molar-refractivity contribution in [2.75, 3.05) is 7.05 Å². The number of hydrogen-bond acceptors (Lipinski definition) is 1. The SMILES string of the molecule is CN(Cc1ccccc1)C(=O)c1cc(Br)cn1C. The van der Waals surface area contributed by atoms with Crippen molar-refractivity contribution in [2.45, 2.75) is 6.54 Å². The Bertz CT molecular complexity index is 548. The number of halogens is 1. The average Bonchev–Trinajstić information content (AvgIpc) is 2.68. The largest absolute Gasteiger partial charge is 0.345 e. The van der Waals surface area contributed by atoms with Crippen molar-refractivity contribution in [1.82, 2.24) is 9.47 Å². The maximum atomic E-state index is 12.3. The lowest BCUT2D eigenvalue weighted by atomic mass is 10.2. The molecule has 1 heterocycles. The molecule has 4 heteroatoms. The summed E-state index contributed by atoms with van der Waals surface area (Å²) < 4.78 is 2.75. The van der Waals surface area contributed by atoms with E-state index >= 15 is 0 Å². The zero-order valence-electron chi connectivity index (χ0n) is 10.4. The third kappa shape index (κ3) is 2.82. The van der Waals surface area contributed by atoms with Gasteiger partial charge in [-0.2, -0.15) is 0 Å². The average molecular weight is 307 g/mol. The van der Waals surface area contributed by atoms with Crippen LogP contribution in [0.2, 0.25) is 0 Å². The van der Waals surface area contributed by atoms with Gasteiger partial charge in [-0.15, -0.1) is 0 Å². The van der Waals surface area contributed by atoms with E-state index in [2.05, 4.69) is 15.9 Å². The van der Waals surface area contributed by atoms with E-state index in [9.17, 15) is 4.79 Å². The van der Waals surface area contributed by atoms with Crippen molar-refractivity contribution in [2.24, 2.45) is 7.05 Å². The Morgan fingerprint density at radius 3 is 2.56 bits per heavy atom. The fourth-order valence-electron chi connectivity index (χ4n) is 1.86. The summed E-state index contributed by atoms with van der Waals surface area (Å²) in [6.45, 7) is 0.614. The summed E-state index contributed by atoms with van der Waals surface area (Å²) in [6, 6.07) is 11.8. The van der Waals surface area contributed by atoms with E-state index in [4.69, 9.17) is 0 Å². The molecule has 0 unspecified atom stereocenters. The Morgan fingerprint density at radius 2 is 2.00 bits per heavy atom. The first-order chi connectivity index (χ1) is 8.58. The first kappa shape index (κ1) is 12.9. The van der Waals surface area contributed by atoms with Crippen LogP contribution in [0.1, 0.15) is 16.1 Å². The number of carbonyl (C=O) groups excluding carboxylic acids is 1. The minimum Gasteiger partial charge on any atom is -0.345 e. The van der Waals surface area contributed by atoms with Gasteiger partial charge in [0.1, 0.15) is 5.69 Å². The van der Waals surface area contributed by atoms with Crippen LogP contribution in [0.15, 0.2) is 47.1 Å². The molecule has 0 saturated heterocycles. The number of hydrogen-bond donors (Lipinski definition) is 0.